The summed E-state index contributed by atoms with van der Waals surface area (Å²) in [5.74, 6) is 1.21. The summed E-state index contributed by atoms with van der Waals surface area (Å²) in [5.41, 5.74) is 0. The van der Waals surface area contributed by atoms with Gasteiger partial charge in [-0.25, -0.2) is 0 Å². The van der Waals surface area contributed by atoms with E-state index in [1.165, 1.54) is 6.42 Å². The summed E-state index contributed by atoms with van der Waals surface area (Å²) in [6.07, 6.45) is 1.87. The van der Waals surface area contributed by atoms with E-state index in [0.29, 0.717) is 18.1 Å². The molecule has 1 atom stereocenters. The van der Waals surface area contributed by atoms with Crippen molar-refractivity contribution in [3.63, 3.8) is 0 Å². The Morgan fingerprint density at radius 3 is 2.38 bits per heavy atom. The first-order valence-electron chi connectivity index (χ1n) is 6.31. The van der Waals surface area contributed by atoms with Crippen molar-refractivity contribution in [1.29, 1.82) is 0 Å². The molecular weight excluding hydrogens is 200 g/mol. The number of carbonyl (C=O) groups excluding carboxylic acids is 1. The molecule has 0 amide bonds. The summed E-state index contributed by atoms with van der Waals surface area (Å²) in [7, 11) is 4.20. The Hall–Kier alpha value is -0.410. The normalized spacial score (nSPS) is 13.4. The fourth-order valence-corrected chi connectivity index (χ4v) is 1.43. The Morgan fingerprint density at radius 2 is 1.88 bits per heavy atom. The third-order valence-electron chi connectivity index (χ3n) is 2.75. The maximum Gasteiger partial charge on any atom is 0.136 e. The highest BCUT2D eigenvalue weighted by atomic mass is 16.1. The van der Waals surface area contributed by atoms with Crippen molar-refractivity contribution in [2.75, 3.05) is 33.7 Å². The third-order valence-corrected chi connectivity index (χ3v) is 2.75. The lowest BCUT2D eigenvalue weighted by molar-refractivity contribution is -0.121. The van der Waals surface area contributed by atoms with Crippen molar-refractivity contribution in [2.45, 2.75) is 33.6 Å². The number of hydrogen-bond acceptors (Lipinski definition) is 3. The topological polar surface area (TPSA) is 32.3 Å². The molecule has 0 spiro atoms. The van der Waals surface area contributed by atoms with Gasteiger partial charge in [-0.1, -0.05) is 20.8 Å². The molecule has 0 rings (SSSR count). The lowest BCUT2D eigenvalue weighted by atomic mass is 10.1. The Bertz CT molecular complexity index is 190. The number of rotatable bonds is 9. The van der Waals surface area contributed by atoms with Gasteiger partial charge in [0.1, 0.15) is 5.78 Å². The van der Waals surface area contributed by atoms with E-state index in [9.17, 15) is 4.79 Å². The lowest BCUT2D eigenvalue weighted by Gasteiger charge is -2.15. The maximum atomic E-state index is 11.4. The minimum atomic E-state index is 0.174. The van der Waals surface area contributed by atoms with Gasteiger partial charge in [0.05, 0.1) is 0 Å². The second kappa shape index (κ2) is 8.71. The van der Waals surface area contributed by atoms with Crippen LogP contribution in [0.15, 0.2) is 0 Å². The highest BCUT2D eigenvalue weighted by molar-refractivity contribution is 5.80. The molecule has 16 heavy (non-hydrogen) atoms. The maximum absolute atomic E-state index is 11.4. The molecule has 3 nitrogen and oxygen atoms in total. The van der Waals surface area contributed by atoms with Crippen LogP contribution in [-0.4, -0.2) is 44.4 Å². The fraction of sp³-hybridized carbons (Fsp3) is 0.923. The number of ketones is 1. The molecule has 1 N–H and O–H groups in total. The van der Waals surface area contributed by atoms with Crippen LogP contribution in [0.3, 0.4) is 0 Å². The second-order valence-electron chi connectivity index (χ2n) is 5.27. The van der Waals surface area contributed by atoms with Crippen LogP contribution in [0.1, 0.15) is 33.6 Å². The van der Waals surface area contributed by atoms with Crippen molar-refractivity contribution in [1.82, 2.24) is 10.2 Å². The average molecular weight is 228 g/mol. The highest BCUT2D eigenvalue weighted by Crippen LogP contribution is 2.01. The lowest BCUT2D eigenvalue weighted by Crippen LogP contribution is -2.27. The molecule has 3 heteroatoms. The molecule has 0 aromatic carbocycles. The summed E-state index contributed by atoms with van der Waals surface area (Å²) in [6, 6.07) is 0. The monoisotopic (exact) mass is 228 g/mol. The zero-order valence-corrected chi connectivity index (χ0v) is 11.5. The molecule has 0 bridgehead atoms. The Labute approximate surface area is 101 Å². The molecule has 0 saturated heterocycles. The number of nitrogens with zero attached hydrogens (tertiary/aromatic N) is 1. The van der Waals surface area contributed by atoms with Crippen molar-refractivity contribution in [3.8, 4) is 0 Å². The van der Waals surface area contributed by atoms with Gasteiger partial charge in [0.2, 0.25) is 0 Å². The Balaban J connectivity index is 3.41. The summed E-state index contributed by atoms with van der Waals surface area (Å²) in [6.45, 7) is 9.14. The number of carbonyl (C=O) groups is 1. The van der Waals surface area contributed by atoms with Crippen LogP contribution in [0, 0.1) is 11.8 Å². The van der Waals surface area contributed by atoms with E-state index in [2.05, 4.69) is 31.2 Å². The van der Waals surface area contributed by atoms with Gasteiger partial charge in [-0.05, 0) is 39.5 Å². The SMILES string of the molecule is CC(CCN(C)C)CNCCC(=O)C(C)C. The summed E-state index contributed by atoms with van der Waals surface area (Å²) in [5, 5.41) is 3.36. The van der Waals surface area contributed by atoms with Crippen molar-refractivity contribution in [3.05, 3.63) is 0 Å². The van der Waals surface area contributed by atoms with Crippen LogP contribution >= 0.6 is 0 Å². The van der Waals surface area contributed by atoms with Crippen molar-refractivity contribution < 1.29 is 4.79 Å². The number of nitrogens with one attached hydrogen (secondary N) is 1. The van der Waals surface area contributed by atoms with Gasteiger partial charge >= 0.3 is 0 Å². The molecule has 0 aliphatic heterocycles. The van der Waals surface area contributed by atoms with Gasteiger partial charge in [0.25, 0.3) is 0 Å². The molecule has 0 heterocycles. The molecule has 0 aromatic heterocycles. The summed E-state index contributed by atoms with van der Waals surface area (Å²) < 4.78 is 0. The molecule has 0 aliphatic carbocycles. The molecule has 96 valence electrons. The number of hydrogen-bond donors (Lipinski definition) is 1. The third kappa shape index (κ3) is 8.86. The standard InChI is InChI=1S/C13H28N2O/c1-11(2)13(16)6-8-14-10-12(3)7-9-15(4)5/h11-12,14H,6-10H2,1-5H3. The van der Waals surface area contributed by atoms with E-state index in [4.69, 9.17) is 0 Å². The van der Waals surface area contributed by atoms with Crippen LogP contribution in [0.5, 0.6) is 0 Å². The summed E-state index contributed by atoms with van der Waals surface area (Å²) in [4.78, 5) is 13.6. The first-order valence-corrected chi connectivity index (χ1v) is 6.31. The van der Waals surface area contributed by atoms with E-state index < -0.39 is 0 Å². The van der Waals surface area contributed by atoms with Crippen LogP contribution in [-0.2, 0) is 4.79 Å². The highest BCUT2D eigenvalue weighted by Gasteiger charge is 2.07. The molecule has 0 aromatic rings. The first-order chi connectivity index (χ1) is 7.43. The predicted octanol–water partition coefficient (Wildman–Crippen LogP) is 1.78. The predicted molar refractivity (Wildman–Crippen MR) is 69.7 cm³/mol. The molecule has 0 radical (unpaired) electrons. The van der Waals surface area contributed by atoms with Crippen LogP contribution in [0.2, 0.25) is 0 Å². The average Bonchev–Trinajstić information content (AvgIpc) is 2.20. The first kappa shape index (κ1) is 15.6. The van der Waals surface area contributed by atoms with Crippen LogP contribution in [0.4, 0.5) is 0 Å². The van der Waals surface area contributed by atoms with E-state index in [1.54, 1.807) is 0 Å². The Morgan fingerprint density at radius 1 is 1.25 bits per heavy atom. The fourth-order valence-electron chi connectivity index (χ4n) is 1.43. The Kier molecular flexibility index (Phi) is 8.49. The largest absolute Gasteiger partial charge is 0.316 e. The zero-order chi connectivity index (χ0) is 12.6. The molecular formula is C13H28N2O. The number of Topliss-reactive ketones (excluding diaryl/α,β-unsaturated/α-hetero) is 1. The summed E-state index contributed by atoms with van der Waals surface area (Å²) >= 11 is 0. The van der Waals surface area contributed by atoms with Gasteiger partial charge in [0.15, 0.2) is 0 Å². The van der Waals surface area contributed by atoms with Gasteiger partial charge in [0, 0.05) is 18.9 Å². The van der Waals surface area contributed by atoms with Crippen molar-refractivity contribution in [2.24, 2.45) is 11.8 Å². The molecule has 0 fully saturated rings. The van der Waals surface area contributed by atoms with Crippen LogP contribution < -0.4 is 5.32 Å². The minimum absolute atomic E-state index is 0.174. The van der Waals surface area contributed by atoms with E-state index in [1.807, 2.05) is 13.8 Å². The van der Waals surface area contributed by atoms with Gasteiger partial charge in [-0.15, -0.1) is 0 Å². The van der Waals surface area contributed by atoms with E-state index in [0.717, 1.165) is 19.6 Å². The molecule has 1 unspecified atom stereocenters. The van der Waals surface area contributed by atoms with Gasteiger partial charge in [-0.2, -0.15) is 0 Å². The quantitative estimate of drug-likeness (QED) is 0.611. The van der Waals surface area contributed by atoms with E-state index >= 15 is 0 Å². The zero-order valence-electron chi connectivity index (χ0n) is 11.5. The van der Waals surface area contributed by atoms with Gasteiger partial charge < -0.3 is 10.2 Å². The second-order valence-corrected chi connectivity index (χ2v) is 5.27. The van der Waals surface area contributed by atoms with Crippen LogP contribution in [0.25, 0.3) is 0 Å². The molecule has 0 aliphatic rings. The van der Waals surface area contributed by atoms with Crippen molar-refractivity contribution >= 4 is 5.78 Å². The van der Waals surface area contributed by atoms with E-state index in [-0.39, 0.29) is 5.92 Å². The smallest absolute Gasteiger partial charge is 0.136 e. The van der Waals surface area contributed by atoms with Gasteiger partial charge in [-0.3, -0.25) is 4.79 Å². The molecule has 0 saturated carbocycles. The minimum Gasteiger partial charge on any atom is -0.316 e.